The van der Waals surface area contributed by atoms with E-state index in [1.54, 1.807) is 18.5 Å². The predicted octanol–water partition coefficient (Wildman–Crippen LogP) is 1.79. The summed E-state index contributed by atoms with van der Waals surface area (Å²) in [6, 6.07) is 9.71. The summed E-state index contributed by atoms with van der Waals surface area (Å²) in [4.78, 5) is 20.5. The van der Waals surface area contributed by atoms with E-state index in [1.165, 1.54) is 16.4 Å². The monoisotopic (exact) mass is 321 g/mol. The van der Waals surface area contributed by atoms with Crippen molar-refractivity contribution in [1.82, 2.24) is 25.1 Å². The fourth-order valence-corrected chi connectivity index (χ4v) is 2.96. The van der Waals surface area contributed by atoms with Crippen LogP contribution in [0.15, 0.2) is 48.9 Å². The van der Waals surface area contributed by atoms with Crippen LogP contribution in [-0.4, -0.2) is 30.8 Å². The molecule has 1 aliphatic rings. The van der Waals surface area contributed by atoms with E-state index in [1.807, 2.05) is 18.2 Å². The van der Waals surface area contributed by atoms with E-state index in [2.05, 4.69) is 26.4 Å². The zero-order chi connectivity index (χ0) is 16.5. The molecule has 0 saturated carbocycles. The molecule has 120 valence electrons. The lowest BCUT2D eigenvalue weighted by molar-refractivity contribution is 0.0933. The second-order valence-corrected chi connectivity index (χ2v) is 5.62. The Balaban J connectivity index is 1.55. The summed E-state index contributed by atoms with van der Waals surface area (Å²) in [5.74, 6) is -0.541. The second-order valence-electron chi connectivity index (χ2n) is 5.62. The average Bonchev–Trinajstić information content (AvgIpc) is 3.25. The largest absolute Gasteiger partial charge is 0.493 e. The van der Waals surface area contributed by atoms with Gasteiger partial charge in [-0.05, 0) is 30.0 Å². The van der Waals surface area contributed by atoms with Crippen molar-refractivity contribution in [3.05, 3.63) is 65.6 Å². The van der Waals surface area contributed by atoms with E-state index < -0.39 is 0 Å². The van der Waals surface area contributed by atoms with Gasteiger partial charge in [0.05, 0.1) is 6.04 Å². The Morgan fingerprint density at radius 3 is 2.96 bits per heavy atom. The van der Waals surface area contributed by atoms with Crippen LogP contribution in [0.25, 0.3) is 5.95 Å². The van der Waals surface area contributed by atoms with Crippen LogP contribution in [0.4, 0.5) is 0 Å². The van der Waals surface area contributed by atoms with Crippen molar-refractivity contribution in [3.8, 4) is 11.8 Å². The van der Waals surface area contributed by atoms with E-state index in [0.717, 1.165) is 18.4 Å². The zero-order valence-corrected chi connectivity index (χ0v) is 12.8. The fourth-order valence-electron chi connectivity index (χ4n) is 2.96. The average molecular weight is 321 g/mol. The number of carbonyl (C=O) groups is 1. The lowest BCUT2D eigenvalue weighted by Gasteiger charge is -2.14. The quantitative estimate of drug-likeness (QED) is 0.767. The number of benzene rings is 1. The number of fused-ring (bicyclic) bond motifs is 1. The van der Waals surface area contributed by atoms with Crippen LogP contribution in [-0.2, 0) is 6.42 Å². The Kier molecular flexibility index (Phi) is 3.45. The number of aryl methyl sites for hydroxylation is 1. The van der Waals surface area contributed by atoms with Gasteiger partial charge in [0.2, 0.25) is 5.88 Å². The molecular formula is C17H15N5O2. The topological polar surface area (TPSA) is 92.9 Å². The molecule has 1 aromatic carbocycles. The van der Waals surface area contributed by atoms with Gasteiger partial charge in [0.1, 0.15) is 5.56 Å². The summed E-state index contributed by atoms with van der Waals surface area (Å²) in [7, 11) is 0. The molecule has 0 aliphatic heterocycles. The Hall–Kier alpha value is -3.22. The molecule has 1 amide bonds. The molecule has 7 nitrogen and oxygen atoms in total. The van der Waals surface area contributed by atoms with Crippen molar-refractivity contribution in [2.24, 2.45) is 0 Å². The number of aromatic nitrogens is 4. The van der Waals surface area contributed by atoms with Gasteiger partial charge in [-0.15, -0.1) is 0 Å². The highest BCUT2D eigenvalue weighted by Gasteiger charge is 2.25. The molecule has 0 bridgehead atoms. The van der Waals surface area contributed by atoms with Gasteiger partial charge < -0.3 is 10.4 Å². The maximum Gasteiger partial charge on any atom is 0.258 e. The minimum Gasteiger partial charge on any atom is -0.493 e. The fraction of sp³-hybridized carbons (Fsp3) is 0.176. The lowest BCUT2D eigenvalue weighted by atomic mass is 10.1. The molecule has 24 heavy (non-hydrogen) atoms. The van der Waals surface area contributed by atoms with Gasteiger partial charge in [0, 0.05) is 18.6 Å². The first-order valence-electron chi connectivity index (χ1n) is 7.67. The molecule has 2 aromatic heterocycles. The Morgan fingerprint density at radius 2 is 2.17 bits per heavy atom. The first-order chi connectivity index (χ1) is 11.7. The molecule has 1 atom stereocenters. The third-order valence-electron chi connectivity index (χ3n) is 4.15. The molecule has 0 fully saturated rings. The van der Waals surface area contributed by atoms with Crippen molar-refractivity contribution in [2.75, 3.05) is 0 Å². The normalized spacial score (nSPS) is 15.9. The molecule has 0 unspecified atom stereocenters. The molecule has 7 heteroatoms. The van der Waals surface area contributed by atoms with Crippen molar-refractivity contribution in [1.29, 1.82) is 0 Å². The van der Waals surface area contributed by atoms with Crippen LogP contribution in [0.5, 0.6) is 5.88 Å². The SMILES string of the molecule is O=C(N[C@H]1CCc2ccccc21)c1cnc(-n2cccn2)nc1O. The highest BCUT2D eigenvalue weighted by Crippen LogP contribution is 2.31. The number of amides is 1. The molecule has 0 spiro atoms. The maximum atomic E-state index is 12.5. The number of nitrogens with one attached hydrogen (secondary N) is 1. The Labute approximate surface area is 138 Å². The number of carbonyl (C=O) groups excluding carboxylic acids is 1. The summed E-state index contributed by atoms with van der Waals surface area (Å²) in [5.41, 5.74) is 2.42. The molecule has 0 saturated heterocycles. The third kappa shape index (κ3) is 2.50. The predicted molar refractivity (Wildman–Crippen MR) is 85.8 cm³/mol. The van der Waals surface area contributed by atoms with E-state index >= 15 is 0 Å². The molecule has 2 N–H and O–H groups in total. The number of rotatable bonds is 3. The van der Waals surface area contributed by atoms with E-state index in [-0.39, 0.29) is 29.3 Å². The van der Waals surface area contributed by atoms with Crippen LogP contribution < -0.4 is 5.32 Å². The van der Waals surface area contributed by atoms with Gasteiger partial charge >= 0.3 is 0 Å². The molecular weight excluding hydrogens is 306 g/mol. The van der Waals surface area contributed by atoms with Gasteiger partial charge in [0.25, 0.3) is 11.9 Å². The summed E-state index contributed by atoms with van der Waals surface area (Å²) in [6.45, 7) is 0. The van der Waals surface area contributed by atoms with Crippen molar-refractivity contribution >= 4 is 5.91 Å². The number of hydrogen-bond donors (Lipinski definition) is 2. The summed E-state index contributed by atoms with van der Waals surface area (Å²) < 4.78 is 1.41. The lowest BCUT2D eigenvalue weighted by Crippen LogP contribution is -2.27. The molecule has 0 radical (unpaired) electrons. The molecule has 3 aromatic rings. The van der Waals surface area contributed by atoms with E-state index in [9.17, 15) is 9.90 Å². The van der Waals surface area contributed by atoms with Crippen LogP contribution >= 0.6 is 0 Å². The van der Waals surface area contributed by atoms with Crippen LogP contribution in [0.3, 0.4) is 0 Å². The van der Waals surface area contributed by atoms with Gasteiger partial charge in [-0.2, -0.15) is 10.1 Å². The van der Waals surface area contributed by atoms with E-state index in [0.29, 0.717) is 0 Å². The van der Waals surface area contributed by atoms with Gasteiger partial charge in [0.15, 0.2) is 0 Å². The number of hydrogen-bond acceptors (Lipinski definition) is 5. The minimum absolute atomic E-state index is 0.0512. The van der Waals surface area contributed by atoms with Crippen LogP contribution in [0.2, 0.25) is 0 Å². The minimum atomic E-state index is -0.388. The van der Waals surface area contributed by atoms with Crippen molar-refractivity contribution in [3.63, 3.8) is 0 Å². The number of aromatic hydroxyl groups is 1. The Bertz CT molecular complexity index is 892. The van der Waals surface area contributed by atoms with Crippen LogP contribution in [0.1, 0.15) is 33.9 Å². The second kappa shape index (κ2) is 5.77. The first-order valence-corrected chi connectivity index (χ1v) is 7.67. The zero-order valence-electron chi connectivity index (χ0n) is 12.8. The summed E-state index contributed by atoms with van der Waals surface area (Å²) in [5, 5.41) is 17.0. The highest BCUT2D eigenvalue weighted by atomic mass is 16.3. The maximum absolute atomic E-state index is 12.5. The molecule has 1 aliphatic carbocycles. The third-order valence-corrected chi connectivity index (χ3v) is 4.15. The first kappa shape index (κ1) is 14.4. The summed E-state index contributed by atoms with van der Waals surface area (Å²) >= 11 is 0. The highest BCUT2D eigenvalue weighted by molar-refractivity contribution is 5.96. The Morgan fingerprint density at radius 1 is 1.29 bits per heavy atom. The molecule has 2 heterocycles. The van der Waals surface area contributed by atoms with Gasteiger partial charge in [-0.25, -0.2) is 9.67 Å². The van der Waals surface area contributed by atoms with Crippen molar-refractivity contribution in [2.45, 2.75) is 18.9 Å². The summed E-state index contributed by atoms with van der Waals surface area (Å²) in [6.07, 6.45) is 6.33. The standard InChI is InChI=1S/C17H15N5O2/c23-15(20-14-7-6-11-4-1-2-5-12(11)14)13-10-18-17(21-16(13)24)22-9-3-8-19-22/h1-5,8-10,14H,6-7H2,(H,20,23)(H,18,21,24)/t14-/m0/s1. The molecule has 4 rings (SSSR count). The van der Waals surface area contributed by atoms with Crippen molar-refractivity contribution < 1.29 is 9.90 Å². The van der Waals surface area contributed by atoms with E-state index in [4.69, 9.17) is 0 Å². The van der Waals surface area contributed by atoms with Gasteiger partial charge in [-0.3, -0.25) is 4.79 Å². The number of nitrogens with zero attached hydrogens (tertiary/aromatic N) is 4. The van der Waals surface area contributed by atoms with Gasteiger partial charge in [-0.1, -0.05) is 24.3 Å². The smallest absolute Gasteiger partial charge is 0.258 e. The van der Waals surface area contributed by atoms with Crippen LogP contribution in [0, 0.1) is 0 Å².